The van der Waals surface area contributed by atoms with Crippen LogP contribution in [0.4, 0.5) is 0 Å². The molecule has 0 aromatic heterocycles. The Morgan fingerprint density at radius 2 is 2.06 bits per heavy atom. The van der Waals surface area contributed by atoms with Crippen LogP contribution in [0, 0.1) is 34.0 Å². The van der Waals surface area contributed by atoms with E-state index in [2.05, 4.69) is 5.16 Å². The quantitative estimate of drug-likeness (QED) is 0.433. The number of hydrogen-bond acceptors (Lipinski definition) is 7. The molecule has 0 bridgehead atoms. The van der Waals surface area contributed by atoms with Crippen LogP contribution in [0.3, 0.4) is 0 Å². The lowest BCUT2D eigenvalue weighted by molar-refractivity contribution is -0.164. The van der Waals surface area contributed by atoms with Gasteiger partial charge in [0.15, 0.2) is 0 Å². The number of hydrogen-bond donors (Lipinski definition) is 1. The van der Waals surface area contributed by atoms with Crippen LogP contribution in [0.1, 0.15) is 13.8 Å². The van der Waals surface area contributed by atoms with E-state index in [1.165, 1.54) is 13.1 Å². The Bertz CT molecular complexity index is 566. The van der Waals surface area contributed by atoms with Gasteiger partial charge in [-0.05, 0) is 6.92 Å². The van der Waals surface area contributed by atoms with Gasteiger partial charge >= 0.3 is 5.79 Å². The van der Waals surface area contributed by atoms with Gasteiger partial charge in [-0.15, -0.1) is 0 Å². The molecular weight excluding hydrogens is 234 g/mol. The Hall–Kier alpha value is -2.98. The minimum Gasteiger partial charge on any atom is -0.430 e. The van der Waals surface area contributed by atoms with Crippen LogP contribution in [0.5, 0.6) is 0 Å². The fourth-order valence-electron chi connectivity index (χ4n) is 1.48. The molecule has 1 aliphatic rings. The highest BCUT2D eigenvalue weighted by molar-refractivity contribution is 5.60. The van der Waals surface area contributed by atoms with E-state index in [9.17, 15) is 0 Å². The average molecular weight is 243 g/mol. The number of allylic oxidation sites excluding steroid dienone is 1. The SMILES string of the molecule is CC=NOC1(C)OC(N)=C(C#N)C1=C(C#N)C#N. The fourth-order valence-corrected chi connectivity index (χ4v) is 1.48. The molecule has 0 radical (unpaired) electrons. The van der Waals surface area contributed by atoms with Crippen LogP contribution >= 0.6 is 0 Å². The summed E-state index contributed by atoms with van der Waals surface area (Å²) in [5, 5.41) is 30.3. The molecule has 0 saturated carbocycles. The minimum atomic E-state index is -1.55. The first-order valence-corrected chi connectivity index (χ1v) is 4.84. The predicted molar refractivity (Wildman–Crippen MR) is 59.8 cm³/mol. The van der Waals surface area contributed by atoms with Gasteiger partial charge in [0.25, 0.3) is 0 Å². The van der Waals surface area contributed by atoms with E-state index in [0.717, 1.165) is 0 Å². The van der Waals surface area contributed by atoms with Crippen LogP contribution in [0.15, 0.2) is 27.8 Å². The summed E-state index contributed by atoms with van der Waals surface area (Å²) in [6.07, 6.45) is 1.35. The van der Waals surface area contributed by atoms with E-state index in [4.69, 9.17) is 31.1 Å². The summed E-state index contributed by atoms with van der Waals surface area (Å²) in [4.78, 5) is 5.05. The molecule has 0 amide bonds. The van der Waals surface area contributed by atoms with Crippen molar-refractivity contribution >= 4 is 6.21 Å². The summed E-state index contributed by atoms with van der Waals surface area (Å²) < 4.78 is 5.19. The lowest BCUT2D eigenvalue weighted by Gasteiger charge is -2.22. The second-order valence-corrected chi connectivity index (χ2v) is 3.33. The largest absolute Gasteiger partial charge is 0.430 e. The second-order valence-electron chi connectivity index (χ2n) is 3.33. The number of nitrogens with zero attached hydrogens (tertiary/aromatic N) is 4. The third-order valence-corrected chi connectivity index (χ3v) is 2.17. The van der Waals surface area contributed by atoms with Crippen molar-refractivity contribution < 1.29 is 9.57 Å². The van der Waals surface area contributed by atoms with Crippen LogP contribution in [-0.2, 0) is 9.57 Å². The lowest BCUT2D eigenvalue weighted by Crippen LogP contribution is -2.30. The van der Waals surface area contributed by atoms with Gasteiger partial charge in [-0.25, -0.2) is 0 Å². The predicted octanol–water partition coefficient (Wildman–Crippen LogP) is 0.793. The molecule has 0 spiro atoms. The van der Waals surface area contributed by atoms with Gasteiger partial charge in [0, 0.05) is 13.1 Å². The van der Waals surface area contributed by atoms with Crippen LogP contribution in [-0.4, -0.2) is 12.0 Å². The molecule has 18 heavy (non-hydrogen) atoms. The van der Waals surface area contributed by atoms with Crippen molar-refractivity contribution in [1.82, 2.24) is 0 Å². The number of nitriles is 3. The van der Waals surface area contributed by atoms with Gasteiger partial charge < -0.3 is 15.3 Å². The summed E-state index contributed by atoms with van der Waals surface area (Å²) in [5.74, 6) is -1.76. The Balaban J connectivity index is 3.47. The minimum absolute atomic E-state index is 0.0156. The van der Waals surface area contributed by atoms with Gasteiger partial charge in [0.1, 0.15) is 29.4 Å². The average Bonchev–Trinajstić information content (AvgIpc) is 2.61. The van der Waals surface area contributed by atoms with Gasteiger partial charge in [-0.2, -0.15) is 15.8 Å². The molecular formula is C11H9N5O2. The summed E-state index contributed by atoms with van der Waals surface area (Å²) in [6.45, 7) is 3.03. The van der Waals surface area contributed by atoms with Crippen molar-refractivity contribution in [3.05, 3.63) is 22.6 Å². The number of oxime groups is 1. The summed E-state index contributed by atoms with van der Waals surface area (Å²) in [6, 6.07) is 5.13. The van der Waals surface area contributed by atoms with Crippen molar-refractivity contribution in [2.75, 3.05) is 0 Å². The van der Waals surface area contributed by atoms with E-state index >= 15 is 0 Å². The molecule has 7 nitrogen and oxygen atoms in total. The maximum Gasteiger partial charge on any atom is 0.304 e. The molecule has 1 rings (SSSR count). The first-order chi connectivity index (χ1) is 8.53. The number of ether oxygens (including phenoxy) is 1. The van der Waals surface area contributed by atoms with Crippen molar-refractivity contribution in [3.63, 3.8) is 0 Å². The second kappa shape index (κ2) is 4.90. The molecule has 1 heterocycles. The maximum atomic E-state index is 8.99. The highest BCUT2D eigenvalue weighted by Crippen LogP contribution is 2.39. The van der Waals surface area contributed by atoms with E-state index < -0.39 is 5.79 Å². The molecule has 1 aliphatic heterocycles. The van der Waals surface area contributed by atoms with Gasteiger partial charge in [0.2, 0.25) is 5.88 Å². The summed E-state index contributed by atoms with van der Waals surface area (Å²) in [7, 11) is 0. The topological polar surface area (TPSA) is 128 Å². The Morgan fingerprint density at radius 3 is 2.50 bits per heavy atom. The fraction of sp³-hybridized carbons (Fsp3) is 0.273. The van der Waals surface area contributed by atoms with Gasteiger partial charge in [-0.1, -0.05) is 5.16 Å². The smallest absolute Gasteiger partial charge is 0.304 e. The van der Waals surface area contributed by atoms with E-state index in [-0.39, 0.29) is 22.6 Å². The summed E-state index contributed by atoms with van der Waals surface area (Å²) in [5.41, 5.74) is 5.11. The molecule has 2 N–H and O–H groups in total. The molecule has 0 aromatic carbocycles. The highest BCUT2D eigenvalue weighted by atomic mass is 16.8. The van der Waals surface area contributed by atoms with Gasteiger partial charge in [0.05, 0.1) is 5.57 Å². The van der Waals surface area contributed by atoms with Crippen molar-refractivity contribution in [1.29, 1.82) is 15.8 Å². The van der Waals surface area contributed by atoms with Crippen LogP contribution < -0.4 is 5.73 Å². The lowest BCUT2D eigenvalue weighted by atomic mass is 9.97. The molecule has 0 saturated heterocycles. The molecule has 0 aliphatic carbocycles. The highest BCUT2D eigenvalue weighted by Gasteiger charge is 2.47. The van der Waals surface area contributed by atoms with Crippen molar-refractivity contribution in [2.45, 2.75) is 19.6 Å². The molecule has 7 heteroatoms. The normalized spacial score (nSPS) is 22.1. The monoisotopic (exact) mass is 243 g/mol. The molecule has 0 aromatic rings. The number of rotatable bonds is 2. The standard InChI is InChI=1S/C11H9N5O2/c1-3-16-18-11(2)9(7(4-12)5-13)8(6-14)10(15)17-11/h3H,15H2,1-2H3. The third kappa shape index (κ3) is 1.95. The van der Waals surface area contributed by atoms with Crippen molar-refractivity contribution in [3.8, 4) is 18.2 Å². The van der Waals surface area contributed by atoms with Crippen LogP contribution in [0.2, 0.25) is 0 Å². The summed E-state index contributed by atoms with van der Waals surface area (Å²) >= 11 is 0. The zero-order valence-electron chi connectivity index (χ0n) is 9.76. The first-order valence-electron chi connectivity index (χ1n) is 4.84. The molecule has 90 valence electrons. The van der Waals surface area contributed by atoms with E-state index in [1.807, 2.05) is 0 Å². The maximum absolute atomic E-state index is 8.99. The Labute approximate surface area is 104 Å². The zero-order valence-corrected chi connectivity index (χ0v) is 9.76. The molecule has 1 atom stereocenters. The van der Waals surface area contributed by atoms with Crippen molar-refractivity contribution in [2.24, 2.45) is 10.9 Å². The Morgan fingerprint density at radius 1 is 1.44 bits per heavy atom. The zero-order chi connectivity index (χ0) is 13.8. The van der Waals surface area contributed by atoms with E-state index in [1.54, 1.807) is 25.1 Å². The van der Waals surface area contributed by atoms with Crippen LogP contribution in [0.25, 0.3) is 0 Å². The Kier molecular flexibility index (Phi) is 3.56. The first kappa shape index (κ1) is 13.1. The van der Waals surface area contributed by atoms with E-state index in [0.29, 0.717) is 0 Å². The molecule has 1 unspecified atom stereocenters. The molecule has 0 fully saturated rings. The third-order valence-electron chi connectivity index (χ3n) is 2.17. The number of nitrogens with two attached hydrogens (primary N) is 1. The van der Waals surface area contributed by atoms with Gasteiger partial charge in [-0.3, -0.25) is 0 Å².